The predicted molar refractivity (Wildman–Crippen MR) is 127 cm³/mol. The molecule has 168 valence electrons. The van der Waals surface area contributed by atoms with E-state index in [2.05, 4.69) is 16.0 Å². The molecule has 1 saturated heterocycles. The van der Waals surface area contributed by atoms with Gasteiger partial charge in [0.2, 0.25) is 0 Å². The molecule has 0 radical (unpaired) electrons. The fourth-order valence-corrected chi connectivity index (χ4v) is 3.65. The summed E-state index contributed by atoms with van der Waals surface area (Å²) in [6, 6.07) is 18.1. The zero-order valence-corrected chi connectivity index (χ0v) is 18.1. The number of rotatable bonds is 7. The minimum absolute atomic E-state index is 0.146. The number of urea groups is 1. The van der Waals surface area contributed by atoms with Crippen LogP contribution in [0, 0.1) is 10.1 Å². The number of carbonyl (C=O) groups is 2. The van der Waals surface area contributed by atoms with Crippen molar-refractivity contribution in [2.45, 2.75) is 6.54 Å². The zero-order valence-electron chi connectivity index (χ0n) is 17.4. The molecule has 0 aliphatic carbocycles. The highest BCUT2D eigenvalue weighted by Crippen LogP contribution is 2.28. The molecule has 1 aliphatic rings. The molecule has 0 spiro atoms. The normalized spacial score (nSPS) is 12.9. The van der Waals surface area contributed by atoms with Gasteiger partial charge in [-0.2, -0.15) is 0 Å². The van der Waals surface area contributed by atoms with E-state index in [1.807, 2.05) is 12.1 Å². The Bertz CT molecular complexity index is 1220. The molecule has 33 heavy (non-hydrogen) atoms. The molecule has 0 atom stereocenters. The lowest BCUT2D eigenvalue weighted by molar-refractivity contribution is -0.384. The van der Waals surface area contributed by atoms with Crippen LogP contribution in [0.5, 0.6) is 0 Å². The molecule has 1 fully saturated rings. The van der Waals surface area contributed by atoms with Gasteiger partial charge in [0.25, 0.3) is 11.6 Å². The quantitative estimate of drug-likeness (QED) is 0.347. The van der Waals surface area contributed by atoms with Crippen LogP contribution < -0.4 is 20.9 Å². The van der Waals surface area contributed by atoms with Crippen LogP contribution in [0.1, 0.15) is 15.9 Å². The van der Waals surface area contributed by atoms with Crippen molar-refractivity contribution in [3.63, 3.8) is 0 Å². The van der Waals surface area contributed by atoms with Crippen molar-refractivity contribution in [2.24, 2.45) is 0 Å². The fraction of sp³-hybridized carbons (Fsp3) is 0.130. The standard InChI is InChI=1S/C23H20ClN5O4/c24-19-4-2-1-3-16(19)14-26-20-10-5-15(13-21(20)29(32)33)22(30)27-17-6-8-18(9-7-17)28-12-11-25-23(28)31/h1-10,13,26H,11-12,14H2,(H,25,31)(H,27,30). The van der Waals surface area contributed by atoms with Crippen molar-refractivity contribution < 1.29 is 14.5 Å². The third kappa shape index (κ3) is 5.04. The largest absolute Gasteiger partial charge is 0.375 e. The molecule has 0 bridgehead atoms. The molecular formula is C23H20ClN5O4. The summed E-state index contributed by atoms with van der Waals surface area (Å²) < 4.78 is 0. The number of hydrogen-bond acceptors (Lipinski definition) is 5. The molecule has 9 nitrogen and oxygen atoms in total. The molecule has 1 aliphatic heterocycles. The number of nitrogens with zero attached hydrogens (tertiary/aromatic N) is 2. The van der Waals surface area contributed by atoms with Gasteiger partial charge in [0.05, 0.1) is 4.92 Å². The van der Waals surface area contributed by atoms with Crippen molar-refractivity contribution in [3.05, 3.63) is 93.0 Å². The lowest BCUT2D eigenvalue weighted by Gasteiger charge is -2.15. The molecule has 3 aromatic rings. The van der Waals surface area contributed by atoms with Crippen molar-refractivity contribution in [2.75, 3.05) is 28.6 Å². The lowest BCUT2D eigenvalue weighted by atomic mass is 10.1. The summed E-state index contributed by atoms with van der Waals surface area (Å²) in [7, 11) is 0. The number of amides is 3. The van der Waals surface area contributed by atoms with E-state index < -0.39 is 10.8 Å². The maximum atomic E-state index is 12.7. The van der Waals surface area contributed by atoms with Gasteiger partial charge in [-0.3, -0.25) is 19.8 Å². The first-order chi connectivity index (χ1) is 15.9. The van der Waals surface area contributed by atoms with Crippen LogP contribution in [0.2, 0.25) is 5.02 Å². The Hall–Kier alpha value is -4.11. The highest BCUT2D eigenvalue weighted by molar-refractivity contribution is 6.31. The molecule has 1 heterocycles. The van der Waals surface area contributed by atoms with E-state index in [4.69, 9.17) is 11.6 Å². The number of nitro groups is 1. The third-order valence-corrected chi connectivity index (χ3v) is 5.55. The van der Waals surface area contributed by atoms with E-state index in [0.29, 0.717) is 36.0 Å². The minimum Gasteiger partial charge on any atom is -0.375 e. The first kappa shape index (κ1) is 22.1. The smallest absolute Gasteiger partial charge is 0.321 e. The average molecular weight is 466 g/mol. The van der Waals surface area contributed by atoms with Crippen molar-refractivity contribution in [1.29, 1.82) is 0 Å². The molecule has 3 N–H and O–H groups in total. The highest BCUT2D eigenvalue weighted by Gasteiger charge is 2.21. The molecule has 0 aromatic heterocycles. The van der Waals surface area contributed by atoms with Gasteiger partial charge in [0, 0.05) is 47.7 Å². The van der Waals surface area contributed by atoms with Gasteiger partial charge < -0.3 is 16.0 Å². The van der Waals surface area contributed by atoms with Crippen molar-refractivity contribution in [3.8, 4) is 0 Å². The molecular weight excluding hydrogens is 446 g/mol. The predicted octanol–water partition coefficient (Wildman–Crippen LogP) is 4.64. The van der Waals surface area contributed by atoms with Gasteiger partial charge in [-0.25, -0.2) is 4.79 Å². The summed E-state index contributed by atoms with van der Waals surface area (Å²) in [5, 5.41) is 20.6. The second kappa shape index (κ2) is 9.58. The molecule has 4 rings (SSSR count). The molecule has 10 heteroatoms. The van der Waals surface area contributed by atoms with Gasteiger partial charge in [0.1, 0.15) is 5.69 Å². The Morgan fingerprint density at radius 3 is 2.55 bits per heavy atom. The number of carbonyl (C=O) groups excluding carboxylic acids is 2. The first-order valence-electron chi connectivity index (χ1n) is 10.1. The summed E-state index contributed by atoms with van der Waals surface area (Å²) in [6.07, 6.45) is 0. The summed E-state index contributed by atoms with van der Waals surface area (Å²) in [5.74, 6) is -0.484. The Labute approximate surface area is 194 Å². The molecule has 3 aromatic carbocycles. The van der Waals surface area contributed by atoms with E-state index >= 15 is 0 Å². The zero-order chi connectivity index (χ0) is 23.4. The highest BCUT2D eigenvalue weighted by atomic mass is 35.5. The van der Waals surface area contributed by atoms with Crippen LogP contribution >= 0.6 is 11.6 Å². The van der Waals surface area contributed by atoms with Crippen LogP contribution in [0.3, 0.4) is 0 Å². The van der Waals surface area contributed by atoms with Gasteiger partial charge in [-0.1, -0.05) is 29.8 Å². The van der Waals surface area contributed by atoms with Crippen molar-refractivity contribution in [1.82, 2.24) is 5.32 Å². The topological polar surface area (TPSA) is 117 Å². The summed E-state index contributed by atoms with van der Waals surface area (Å²) in [4.78, 5) is 37.1. The third-order valence-electron chi connectivity index (χ3n) is 5.18. The van der Waals surface area contributed by atoms with E-state index in [9.17, 15) is 19.7 Å². The summed E-state index contributed by atoms with van der Waals surface area (Å²) in [5.41, 5.74) is 2.23. The Balaban J connectivity index is 1.46. The number of halogens is 1. The lowest BCUT2D eigenvalue weighted by Crippen LogP contribution is -2.27. The number of nitrogens with one attached hydrogen (secondary N) is 3. The Morgan fingerprint density at radius 1 is 1.12 bits per heavy atom. The van der Waals surface area contributed by atoms with Crippen LogP contribution in [-0.2, 0) is 6.54 Å². The average Bonchev–Trinajstić information content (AvgIpc) is 3.24. The Morgan fingerprint density at radius 2 is 1.88 bits per heavy atom. The Kier molecular flexibility index (Phi) is 6.41. The minimum atomic E-state index is -0.540. The van der Waals surface area contributed by atoms with E-state index in [-0.39, 0.29) is 23.0 Å². The number of benzene rings is 3. The van der Waals surface area contributed by atoms with E-state index in [0.717, 1.165) is 5.56 Å². The maximum Gasteiger partial charge on any atom is 0.321 e. The fourth-order valence-electron chi connectivity index (χ4n) is 3.45. The summed E-state index contributed by atoms with van der Waals surface area (Å²) in [6.45, 7) is 1.46. The van der Waals surface area contributed by atoms with Crippen molar-refractivity contribution >= 4 is 46.3 Å². The number of nitro benzene ring substituents is 1. The number of anilines is 3. The van der Waals surface area contributed by atoms with E-state index in [1.165, 1.54) is 18.2 Å². The monoisotopic (exact) mass is 465 g/mol. The molecule has 0 saturated carbocycles. The maximum absolute atomic E-state index is 12.7. The summed E-state index contributed by atoms with van der Waals surface area (Å²) >= 11 is 6.14. The van der Waals surface area contributed by atoms with Crippen LogP contribution in [-0.4, -0.2) is 30.0 Å². The van der Waals surface area contributed by atoms with Gasteiger partial charge in [-0.05, 0) is 48.0 Å². The second-order valence-electron chi connectivity index (χ2n) is 7.32. The second-order valence-corrected chi connectivity index (χ2v) is 7.73. The van der Waals surface area contributed by atoms with Crippen LogP contribution in [0.4, 0.5) is 27.5 Å². The number of hydrogen-bond donors (Lipinski definition) is 3. The molecule has 0 unspecified atom stereocenters. The van der Waals surface area contributed by atoms with E-state index in [1.54, 1.807) is 41.3 Å². The van der Waals surface area contributed by atoms with Gasteiger partial charge in [0.15, 0.2) is 0 Å². The van der Waals surface area contributed by atoms with Crippen LogP contribution in [0.15, 0.2) is 66.7 Å². The van der Waals surface area contributed by atoms with Gasteiger partial charge >= 0.3 is 6.03 Å². The first-order valence-corrected chi connectivity index (χ1v) is 10.5. The van der Waals surface area contributed by atoms with Crippen LogP contribution in [0.25, 0.3) is 0 Å². The SMILES string of the molecule is O=C(Nc1ccc(N2CCNC2=O)cc1)c1ccc(NCc2ccccc2Cl)c([N+](=O)[O-])c1. The molecule has 3 amide bonds. The van der Waals surface area contributed by atoms with Gasteiger partial charge in [-0.15, -0.1) is 0 Å².